The lowest BCUT2D eigenvalue weighted by atomic mass is 9.98. The topological polar surface area (TPSA) is 85.2 Å². The number of carbonyl (C=O) groups excluding carboxylic acids is 2. The fourth-order valence-electron chi connectivity index (χ4n) is 2.09. The van der Waals surface area contributed by atoms with Crippen LogP contribution in [-0.4, -0.2) is 35.3 Å². The zero-order chi connectivity index (χ0) is 21.9. The highest BCUT2D eigenvalue weighted by Gasteiger charge is 2.51. The second-order valence-corrected chi connectivity index (χ2v) is 6.57. The molecule has 0 amide bonds. The van der Waals surface area contributed by atoms with Gasteiger partial charge in [0, 0.05) is 5.56 Å². The number of nitrogens with zero attached hydrogens (tertiary/aromatic N) is 1. The van der Waals surface area contributed by atoms with E-state index >= 15 is 0 Å². The molecule has 0 bridgehead atoms. The Morgan fingerprint density at radius 2 is 1.79 bits per heavy atom. The van der Waals surface area contributed by atoms with Gasteiger partial charge in [0.1, 0.15) is 11.3 Å². The first-order valence-corrected chi connectivity index (χ1v) is 7.90. The Labute approximate surface area is 157 Å². The number of halogens is 5. The van der Waals surface area contributed by atoms with Crippen LogP contribution in [0, 0.1) is 0 Å². The lowest BCUT2D eigenvalue weighted by Crippen LogP contribution is -2.38. The molecular weight excluding hydrogens is 393 g/mol. The summed E-state index contributed by atoms with van der Waals surface area (Å²) >= 11 is 0. The minimum Gasteiger partial charge on any atom is -0.485 e. The van der Waals surface area contributed by atoms with E-state index in [-0.39, 0.29) is 6.07 Å². The molecule has 0 aromatic heterocycles. The largest absolute Gasteiger partial charge is 0.485 e. The monoisotopic (exact) mass is 411 g/mol. The van der Waals surface area contributed by atoms with E-state index in [1.165, 1.54) is 27.7 Å². The third kappa shape index (κ3) is 5.49. The molecule has 1 atom stereocenters. The van der Waals surface area contributed by atoms with Crippen molar-refractivity contribution in [2.24, 2.45) is 4.99 Å². The van der Waals surface area contributed by atoms with Gasteiger partial charge in [-0.2, -0.15) is 26.9 Å². The van der Waals surface area contributed by atoms with Gasteiger partial charge in [0.15, 0.2) is 11.9 Å². The van der Waals surface area contributed by atoms with Crippen LogP contribution in [0.25, 0.3) is 0 Å². The van der Waals surface area contributed by atoms with Gasteiger partial charge < -0.3 is 14.6 Å². The standard InChI is InChI=1S/C17H18F5NO5/c1-5-27-14(26)16(18,19)13(25)10-6-9(17(20,21)22)7-11(23-8-24)12(10)28-15(2,3)4/h6-7,13,25H,5H2,1-4H3. The number of ether oxygens (including phenoxy) is 2. The molecule has 28 heavy (non-hydrogen) atoms. The van der Waals surface area contributed by atoms with Crippen LogP contribution in [0.3, 0.4) is 0 Å². The first-order chi connectivity index (χ1) is 12.6. The summed E-state index contributed by atoms with van der Waals surface area (Å²) in [6.07, 6.45) is -7.09. The summed E-state index contributed by atoms with van der Waals surface area (Å²) in [5.41, 5.74) is -4.50. The zero-order valence-corrected chi connectivity index (χ0v) is 15.4. The maximum atomic E-state index is 14.3. The van der Waals surface area contributed by atoms with Crippen LogP contribution in [0.2, 0.25) is 0 Å². The summed E-state index contributed by atoms with van der Waals surface area (Å²) in [4.78, 5) is 25.2. The third-order valence-electron chi connectivity index (χ3n) is 3.19. The molecule has 0 aliphatic rings. The van der Waals surface area contributed by atoms with Crippen molar-refractivity contribution in [1.82, 2.24) is 0 Å². The van der Waals surface area contributed by atoms with Gasteiger partial charge in [0.05, 0.1) is 12.2 Å². The average molecular weight is 411 g/mol. The van der Waals surface area contributed by atoms with Gasteiger partial charge in [0.25, 0.3) is 0 Å². The number of aliphatic hydroxyl groups excluding tert-OH is 1. The minimum absolute atomic E-state index is 0.197. The van der Waals surface area contributed by atoms with Crippen LogP contribution in [0.15, 0.2) is 17.1 Å². The SMILES string of the molecule is CCOC(=O)C(F)(F)C(O)c1cc(C(F)(F)F)cc(N=C=O)c1OC(C)(C)C. The highest BCUT2D eigenvalue weighted by molar-refractivity contribution is 5.79. The molecule has 1 N–H and O–H groups in total. The molecule has 0 aliphatic heterocycles. The van der Waals surface area contributed by atoms with Crippen LogP contribution in [-0.2, 0) is 20.5 Å². The van der Waals surface area contributed by atoms with Crippen molar-refractivity contribution in [3.8, 4) is 5.75 Å². The molecule has 1 rings (SSSR count). The fraction of sp³-hybridized carbons (Fsp3) is 0.529. The molecule has 0 fully saturated rings. The molecule has 0 saturated heterocycles. The molecule has 6 nitrogen and oxygen atoms in total. The summed E-state index contributed by atoms with van der Waals surface area (Å²) in [7, 11) is 0. The van der Waals surface area contributed by atoms with Gasteiger partial charge >= 0.3 is 18.1 Å². The Morgan fingerprint density at radius 3 is 2.21 bits per heavy atom. The maximum Gasteiger partial charge on any atom is 0.416 e. The Bertz CT molecular complexity index is 779. The second kappa shape index (κ2) is 8.24. The average Bonchev–Trinajstić information content (AvgIpc) is 2.53. The van der Waals surface area contributed by atoms with Gasteiger partial charge in [-0.25, -0.2) is 9.59 Å². The van der Waals surface area contributed by atoms with Crippen molar-refractivity contribution in [3.63, 3.8) is 0 Å². The van der Waals surface area contributed by atoms with Gasteiger partial charge in [-0.05, 0) is 39.8 Å². The summed E-state index contributed by atoms with van der Waals surface area (Å²) < 4.78 is 77.5. The first kappa shape index (κ1) is 23.5. The summed E-state index contributed by atoms with van der Waals surface area (Å²) in [5.74, 6) is -7.46. The quantitative estimate of drug-likeness (QED) is 0.330. The van der Waals surface area contributed by atoms with Crippen LogP contribution in [0.1, 0.15) is 44.9 Å². The second-order valence-electron chi connectivity index (χ2n) is 6.57. The molecule has 1 unspecified atom stereocenters. The number of carbonyl (C=O) groups is 1. The van der Waals surface area contributed by atoms with Crippen LogP contribution >= 0.6 is 0 Å². The van der Waals surface area contributed by atoms with E-state index in [1.54, 1.807) is 0 Å². The number of esters is 1. The molecule has 156 valence electrons. The molecular formula is C17H18F5NO5. The van der Waals surface area contributed by atoms with E-state index in [0.717, 1.165) is 6.08 Å². The number of hydrogen-bond acceptors (Lipinski definition) is 6. The Morgan fingerprint density at radius 1 is 1.21 bits per heavy atom. The van der Waals surface area contributed by atoms with Crippen molar-refractivity contribution in [2.45, 2.75) is 51.5 Å². The van der Waals surface area contributed by atoms with E-state index < -0.39 is 58.9 Å². The van der Waals surface area contributed by atoms with Crippen molar-refractivity contribution in [3.05, 3.63) is 23.3 Å². The highest BCUT2D eigenvalue weighted by Crippen LogP contribution is 2.46. The normalized spacial score (nSPS) is 13.5. The number of alkyl halides is 5. The molecule has 0 radical (unpaired) electrons. The predicted octanol–water partition coefficient (Wildman–Crippen LogP) is 4.08. The van der Waals surface area contributed by atoms with Gasteiger partial charge in [0.2, 0.25) is 6.08 Å². The number of rotatable bonds is 6. The van der Waals surface area contributed by atoms with Gasteiger partial charge in [-0.3, -0.25) is 0 Å². The van der Waals surface area contributed by atoms with E-state index in [0.29, 0.717) is 6.07 Å². The van der Waals surface area contributed by atoms with Gasteiger partial charge in [-0.1, -0.05) is 0 Å². The number of isocyanates is 1. The molecule has 0 saturated carbocycles. The zero-order valence-electron chi connectivity index (χ0n) is 15.4. The van der Waals surface area contributed by atoms with E-state index in [1.807, 2.05) is 0 Å². The molecule has 1 aromatic rings. The summed E-state index contributed by atoms with van der Waals surface area (Å²) in [6, 6.07) is 0.577. The lowest BCUT2D eigenvalue weighted by molar-refractivity contribution is -0.189. The Kier molecular flexibility index (Phi) is 6.92. The molecule has 1 aromatic carbocycles. The van der Waals surface area contributed by atoms with Crippen molar-refractivity contribution >= 4 is 17.7 Å². The number of aliphatic imine (C=N–C) groups is 1. The molecule has 0 spiro atoms. The fourth-order valence-corrected chi connectivity index (χ4v) is 2.09. The van der Waals surface area contributed by atoms with Crippen molar-refractivity contribution in [1.29, 1.82) is 0 Å². The van der Waals surface area contributed by atoms with Crippen molar-refractivity contribution < 1.29 is 46.1 Å². The Balaban J connectivity index is 3.79. The number of benzene rings is 1. The lowest BCUT2D eigenvalue weighted by Gasteiger charge is -2.28. The van der Waals surface area contributed by atoms with Crippen molar-refractivity contribution in [2.75, 3.05) is 6.61 Å². The van der Waals surface area contributed by atoms with E-state index in [2.05, 4.69) is 9.73 Å². The first-order valence-electron chi connectivity index (χ1n) is 7.90. The maximum absolute atomic E-state index is 14.3. The molecule has 0 aliphatic carbocycles. The highest BCUT2D eigenvalue weighted by atomic mass is 19.4. The smallest absolute Gasteiger partial charge is 0.416 e. The van der Waals surface area contributed by atoms with Crippen LogP contribution in [0.4, 0.5) is 27.6 Å². The minimum atomic E-state index is -5.03. The van der Waals surface area contributed by atoms with Crippen LogP contribution < -0.4 is 4.74 Å². The van der Waals surface area contributed by atoms with Crippen LogP contribution in [0.5, 0.6) is 5.75 Å². The van der Waals surface area contributed by atoms with E-state index in [9.17, 15) is 36.6 Å². The van der Waals surface area contributed by atoms with E-state index in [4.69, 9.17) is 4.74 Å². The predicted molar refractivity (Wildman–Crippen MR) is 86.1 cm³/mol. The number of hydrogen-bond donors (Lipinski definition) is 1. The summed E-state index contributed by atoms with van der Waals surface area (Å²) in [6.45, 7) is 5.11. The number of aliphatic hydroxyl groups is 1. The summed E-state index contributed by atoms with van der Waals surface area (Å²) in [5, 5.41) is 10.1. The van der Waals surface area contributed by atoms with Gasteiger partial charge in [-0.15, -0.1) is 0 Å². The third-order valence-corrected chi connectivity index (χ3v) is 3.19. The molecule has 0 heterocycles. The Hall–Kier alpha value is -2.52. The molecule has 11 heteroatoms.